The van der Waals surface area contributed by atoms with Crippen LogP contribution in [0.3, 0.4) is 0 Å². The van der Waals surface area contributed by atoms with E-state index in [1.165, 1.54) is 32.1 Å². The molecule has 20 heavy (non-hydrogen) atoms. The van der Waals surface area contributed by atoms with Gasteiger partial charge in [0.1, 0.15) is 0 Å². The molecule has 1 fully saturated rings. The van der Waals surface area contributed by atoms with Gasteiger partial charge in [-0.05, 0) is 42.5 Å². The molecule has 0 spiro atoms. The fraction of sp³-hybridized carbons (Fsp3) is 0.929. The van der Waals surface area contributed by atoms with Crippen LogP contribution in [-0.4, -0.2) is 37.5 Å². The Kier molecular flexibility index (Phi) is 5.48. The minimum Gasteiger partial charge on any atom is -0.394 e. The number of aliphatic hydroxyl groups excluding tert-OH is 1. The summed E-state index contributed by atoms with van der Waals surface area (Å²) in [4.78, 5) is 0. The molecule has 1 aliphatic carbocycles. The summed E-state index contributed by atoms with van der Waals surface area (Å²) < 4.78 is 1.84. The lowest BCUT2D eigenvalue weighted by molar-refractivity contribution is 0.0926. The first kappa shape index (κ1) is 15.4. The van der Waals surface area contributed by atoms with Crippen LogP contribution >= 0.6 is 0 Å². The van der Waals surface area contributed by atoms with Gasteiger partial charge >= 0.3 is 0 Å². The first-order valence-electron chi connectivity index (χ1n) is 7.80. The van der Waals surface area contributed by atoms with E-state index in [1.54, 1.807) is 0 Å². The second kappa shape index (κ2) is 7.13. The van der Waals surface area contributed by atoms with Gasteiger partial charge in [-0.1, -0.05) is 26.2 Å². The van der Waals surface area contributed by atoms with Crippen molar-refractivity contribution in [2.24, 2.45) is 5.92 Å². The minimum atomic E-state index is -0.233. The average molecular weight is 281 g/mol. The van der Waals surface area contributed by atoms with E-state index in [0.717, 1.165) is 18.8 Å². The smallest absolute Gasteiger partial charge is 0.165 e. The third kappa shape index (κ3) is 3.55. The van der Waals surface area contributed by atoms with Gasteiger partial charge in [0.2, 0.25) is 0 Å². The fourth-order valence-corrected chi connectivity index (χ4v) is 3.09. The van der Waals surface area contributed by atoms with Crippen LogP contribution in [0.25, 0.3) is 0 Å². The van der Waals surface area contributed by atoms with Crippen molar-refractivity contribution >= 4 is 0 Å². The van der Waals surface area contributed by atoms with Gasteiger partial charge in [0.25, 0.3) is 0 Å². The lowest BCUT2D eigenvalue weighted by atomic mass is 9.76. The predicted octanol–water partition coefficient (Wildman–Crippen LogP) is 1.50. The van der Waals surface area contributed by atoms with E-state index >= 15 is 0 Å². The van der Waals surface area contributed by atoms with Gasteiger partial charge in [0, 0.05) is 12.1 Å². The maximum atomic E-state index is 9.82. The van der Waals surface area contributed by atoms with Gasteiger partial charge in [0.15, 0.2) is 5.82 Å². The van der Waals surface area contributed by atoms with Crippen LogP contribution in [0.1, 0.15) is 58.2 Å². The molecule has 0 aliphatic heterocycles. The van der Waals surface area contributed by atoms with Crippen molar-refractivity contribution in [3.8, 4) is 0 Å². The Labute approximate surface area is 120 Å². The topological polar surface area (TPSA) is 75.9 Å². The normalized spacial score (nSPS) is 19.9. The maximum absolute atomic E-state index is 9.82. The quantitative estimate of drug-likeness (QED) is 0.792. The summed E-state index contributed by atoms with van der Waals surface area (Å²) in [5.74, 6) is 1.39. The summed E-state index contributed by atoms with van der Waals surface area (Å²) in [6.07, 6.45) is 7.28. The first-order chi connectivity index (χ1) is 9.69. The third-order valence-corrected chi connectivity index (χ3v) is 4.53. The highest BCUT2D eigenvalue weighted by Gasteiger charge is 2.34. The highest BCUT2D eigenvalue weighted by Crippen LogP contribution is 2.32. The summed E-state index contributed by atoms with van der Waals surface area (Å²) in [5.41, 5.74) is -0.233. The van der Waals surface area contributed by atoms with Gasteiger partial charge in [-0.3, -0.25) is 0 Å². The molecule has 1 atom stereocenters. The summed E-state index contributed by atoms with van der Waals surface area (Å²) in [6, 6.07) is 0. The summed E-state index contributed by atoms with van der Waals surface area (Å²) in [6.45, 7) is 5.84. The van der Waals surface area contributed by atoms with Crippen molar-refractivity contribution in [1.29, 1.82) is 0 Å². The molecule has 1 saturated carbocycles. The Hall–Kier alpha value is -1.01. The number of hydrogen-bond donors (Lipinski definition) is 2. The molecule has 1 aromatic heterocycles. The van der Waals surface area contributed by atoms with E-state index in [2.05, 4.69) is 34.7 Å². The molecule has 6 nitrogen and oxygen atoms in total. The second-order valence-electron chi connectivity index (χ2n) is 6.08. The summed E-state index contributed by atoms with van der Waals surface area (Å²) in [7, 11) is 0. The van der Waals surface area contributed by atoms with Gasteiger partial charge in [-0.2, -0.15) is 0 Å². The number of nitrogens with zero attached hydrogens (tertiary/aromatic N) is 4. The first-order valence-corrected chi connectivity index (χ1v) is 7.80. The van der Waals surface area contributed by atoms with E-state index < -0.39 is 0 Å². The lowest BCUT2D eigenvalue weighted by Crippen LogP contribution is -2.52. The van der Waals surface area contributed by atoms with Gasteiger partial charge in [-0.25, -0.2) is 4.68 Å². The highest BCUT2D eigenvalue weighted by atomic mass is 16.3. The van der Waals surface area contributed by atoms with Crippen LogP contribution < -0.4 is 5.32 Å². The number of aromatic nitrogens is 4. The van der Waals surface area contributed by atoms with E-state index in [9.17, 15) is 5.11 Å². The molecular weight excluding hydrogens is 254 g/mol. The van der Waals surface area contributed by atoms with Crippen LogP contribution in [0.4, 0.5) is 0 Å². The largest absolute Gasteiger partial charge is 0.394 e. The van der Waals surface area contributed by atoms with Crippen molar-refractivity contribution in [2.45, 2.75) is 71.0 Å². The Balaban J connectivity index is 1.96. The second-order valence-corrected chi connectivity index (χ2v) is 6.08. The number of tetrazole rings is 1. The Morgan fingerprint density at radius 2 is 2.10 bits per heavy atom. The molecule has 0 radical (unpaired) electrons. The molecule has 0 saturated heterocycles. The number of aryl methyl sites for hydroxylation is 1. The molecule has 6 heteroatoms. The van der Waals surface area contributed by atoms with Crippen LogP contribution in [0, 0.1) is 5.92 Å². The van der Waals surface area contributed by atoms with E-state index in [4.69, 9.17) is 0 Å². The highest BCUT2D eigenvalue weighted by molar-refractivity contribution is 4.93. The molecule has 1 aromatic rings. The molecule has 114 valence electrons. The zero-order valence-electron chi connectivity index (χ0n) is 12.7. The average Bonchev–Trinajstić information content (AvgIpc) is 2.93. The van der Waals surface area contributed by atoms with Crippen molar-refractivity contribution in [2.75, 3.05) is 6.61 Å². The Morgan fingerprint density at radius 3 is 2.75 bits per heavy atom. The molecule has 0 bridgehead atoms. The van der Waals surface area contributed by atoms with Crippen molar-refractivity contribution in [3.63, 3.8) is 0 Å². The predicted molar refractivity (Wildman–Crippen MR) is 77.0 cm³/mol. The molecule has 1 heterocycles. The summed E-state index contributed by atoms with van der Waals surface area (Å²) in [5, 5.41) is 25.1. The van der Waals surface area contributed by atoms with Crippen molar-refractivity contribution in [3.05, 3.63) is 5.82 Å². The standard InChI is InChI=1S/C14H27N5O/c1-3-9-19-13(16-17-18-19)10-15-14(2,11-20)12-7-5-4-6-8-12/h12,15,20H,3-11H2,1-2H3/t14-/m0/s1. The third-order valence-electron chi connectivity index (χ3n) is 4.53. The van der Waals surface area contributed by atoms with Gasteiger partial charge < -0.3 is 10.4 Å². The van der Waals surface area contributed by atoms with Gasteiger partial charge in [-0.15, -0.1) is 5.10 Å². The number of nitrogens with one attached hydrogen (secondary N) is 1. The maximum Gasteiger partial charge on any atom is 0.165 e. The van der Waals surface area contributed by atoms with E-state index in [-0.39, 0.29) is 12.1 Å². The molecule has 0 amide bonds. The van der Waals surface area contributed by atoms with E-state index in [0.29, 0.717) is 12.5 Å². The van der Waals surface area contributed by atoms with Crippen molar-refractivity contribution in [1.82, 2.24) is 25.5 Å². The molecule has 0 aromatic carbocycles. The molecular formula is C14H27N5O. The zero-order chi connectivity index (χ0) is 14.4. The SMILES string of the molecule is CCCn1nnnc1CN[C@@](C)(CO)C1CCCCC1. The van der Waals surface area contributed by atoms with Crippen molar-refractivity contribution < 1.29 is 5.11 Å². The van der Waals surface area contributed by atoms with Crippen LogP contribution in [0.5, 0.6) is 0 Å². The summed E-state index contributed by atoms with van der Waals surface area (Å²) >= 11 is 0. The molecule has 2 N–H and O–H groups in total. The van der Waals surface area contributed by atoms with Crippen LogP contribution in [0.2, 0.25) is 0 Å². The number of rotatable bonds is 7. The lowest BCUT2D eigenvalue weighted by Gasteiger charge is -2.39. The Morgan fingerprint density at radius 1 is 1.35 bits per heavy atom. The monoisotopic (exact) mass is 281 g/mol. The van der Waals surface area contributed by atoms with Gasteiger partial charge in [0.05, 0.1) is 13.2 Å². The zero-order valence-corrected chi connectivity index (χ0v) is 12.7. The molecule has 2 rings (SSSR count). The van der Waals surface area contributed by atoms with E-state index in [1.807, 2.05) is 4.68 Å². The Bertz CT molecular complexity index is 402. The number of hydrogen-bond acceptors (Lipinski definition) is 5. The minimum absolute atomic E-state index is 0.160. The molecule has 1 aliphatic rings. The van der Waals surface area contributed by atoms with Crippen LogP contribution in [0.15, 0.2) is 0 Å². The fourth-order valence-electron chi connectivity index (χ4n) is 3.09. The molecule has 0 unspecified atom stereocenters. The number of aliphatic hydroxyl groups is 1. The van der Waals surface area contributed by atoms with Crippen LogP contribution in [-0.2, 0) is 13.1 Å².